The molecule has 0 aliphatic rings. The van der Waals surface area contributed by atoms with Crippen LogP contribution in [-0.4, -0.2) is 21.6 Å². The molecule has 27 heavy (non-hydrogen) atoms. The number of hydrogen-bond donors (Lipinski definition) is 2. The molecule has 0 bridgehead atoms. The van der Waals surface area contributed by atoms with Crippen molar-refractivity contribution in [3.8, 4) is 11.5 Å². The van der Waals surface area contributed by atoms with Gasteiger partial charge in [0, 0.05) is 44.3 Å². The molecule has 0 saturated heterocycles. The van der Waals surface area contributed by atoms with Gasteiger partial charge in [-0.3, -0.25) is 9.98 Å². The van der Waals surface area contributed by atoms with Crippen molar-refractivity contribution >= 4 is 22.8 Å². The molecule has 0 saturated carbocycles. The Bertz CT molecular complexity index is 916. The average Bonchev–Trinajstić information content (AvgIpc) is 2.64. The fourth-order valence-corrected chi connectivity index (χ4v) is 2.69. The van der Waals surface area contributed by atoms with Gasteiger partial charge in [-0.1, -0.05) is 36.4 Å². The van der Waals surface area contributed by atoms with E-state index in [0.29, 0.717) is 33.9 Å². The van der Waals surface area contributed by atoms with E-state index in [4.69, 9.17) is 0 Å². The maximum Gasteiger partial charge on any atom is 0.124 e. The van der Waals surface area contributed by atoms with E-state index in [1.54, 1.807) is 24.3 Å². The number of benzene rings is 3. The summed E-state index contributed by atoms with van der Waals surface area (Å²) in [6.45, 7) is 3.71. The molecule has 0 unspecified atom stereocenters. The Balaban J connectivity index is 0.00000261. The summed E-state index contributed by atoms with van der Waals surface area (Å²) < 4.78 is 0. The molecule has 3 aromatic rings. The van der Waals surface area contributed by atoms with E-state index >= 15 is 0 Å². The predicted molar refractivity (Wildman–Crippen MR) is 106 cm³/mol. The zero-order valence-electron chi connectivity index (χ0n) is 15.2. The van der Waals surface area contributed by atoms with Crippen LogP contribution < -0.4 is 0 Å². The third-order valence-corrected chi connectivity index (χ3v) is 4.05. The quantitative estimate of drug-likeness (QED) is 0.463. The minimum Gasteiger partial charge on any atom is -0.507 e. The third kappa shape index (κ3) is 4.94. The van der Waals surface area contributed by atoms with Crippen molar-refractivity contribution in [3.05, 3.63) is 83.9 Å². The monoisotopic (exact) mass is 392 g/mol. The number of para-hydroxylation sites is 4. The van der Waals surface area contributed by atoms with E-state index in [2.05, 4.69) is 9.98 Å². The summed E-state index contributed by atoms with van der Waals surface area (Å²) in [7, 11) is 0. The normalized spacial score (nSPS) is 11.8. The molecular weight excluding hydrogens is 372 g/mol. The summed E-state index contributed by atoms with van der Waals surface area (Å²) in [6.07, 6.45) is 0. The fraction of sp³-hybridized carbons (Fsp3) is 0.0909. The first-order valence-electron chi connectivity index (χ1n) is 8.32. The van der Waals surface area contributed by atoms with Crippen molar-refractivity contribution in [1.29, 1.82) is 0 Å². The van der Waals surface area contributed by atoms with Gasteiger partial charge in [0.15, 0.2) is 0 Å². The van der Waals surface area contributed by atoms with Gasteiger partial charge in [-0.25, -0.2) is 0 Å². The maximum absolute atomic E-state index is 10.0. The van der Waals surface area contributed by atoms with Gasteiger partial charge >= 0.3 is 0 Å². The second-order valence-corrected chi connectivity index (χ2v) is 5.92. The number of phenols is 2. The summed E-state index contributed by atoms with van der Waals surface area (Å²) in [5.74, 6) is 0.389. The van der Waals surface area contributed by atoms with Crippen molar-refractivity contribution < 1.29 is 31.9 Å². The Labute approximate surface area is 173 Å². The van der Waals surface area contributed by atoms with Crippen LogP contribution in [0.2, 0.25) is 0 Å². The SMILES string of the molecule is CC(=Nc1ccccc1N=C(C)c1ccccc1O)c1ccccc1O.[Ti]. The molecule has 134 valence electrons. The molecule has 5 heteroatoms. The Kier molecular flexibility index (Phi) is 7.11. The predicted octanol–water partition coefficient (Wildman–Crippen LogP) is 5.38. The topological polar surface area (TPSA) is 65.2 Å². The molecule has 0 fully saturated rings. The average molecular weight is 392 g/mol. The zero-order chi connectivity index (χ0) is 18.5. The number of aromatic hydroxyl groups is 2. The van der Waals surface area contributed by atoms with Gasteiger partial charge in [0.05, 0.1) is 11.4 Å². The number of rotatable bonds is 4. The van der Waals surface area contributed by atoms with Crippen LogP contribution in [0.4, 0.5) is 11.4 Å². The Morgan fingerprint density at radius 3 is 1.30 bits per heavy atom. The number of phenolic OH excluding ortho intramolecular Hbond substituents is 2. The fourth-order valence-electron chi connectivity index (χ4n) is 2.69. The molecule has 0 spiro atoms. The molecule has 0 aliphatic carbocycles. The van der Waals surface area contributed by atoms with Gasteiger partial charge in [0.2, 0.25) is 0 Å². The molecule has 0 aliphatic heterocycles. The van der Waals surface area contributed by atoms with Gasteiger partial charge in [0.1, 0.15) is 11.5 Å². The van der Waals surface area contributed by atoms with E-state index in [0.717, 1.165) is 0 Å². The Hall–Kier alpha value is -2.69. The van der Waals surface area contributed by atoms with E-state index in [1.807, 2.05) is 62.4 Å². The Morgan fingerprint density at radius 1 is 0.593 bits per heavy atom. The molecule has 0 radical (unpaired) electrons. The van der Waals surface area contributed by atoms with Crippen LogP contribution in [-0.2, 0) is 21.7 Å². The maximum atomic E-state index is 10.0. The summed E-state index contributed by atoms with van der Waals surface area (Å²) >= 11 is 0. The second kappa shape index (κ2) is 9.31. The second-order valence-electron chi connectivity index (χ2n) is 5.92. The van der Waals surface area contributed by atoms with Crippen LogP contribution in [0, 0.1) is 0 Å². The molecule has 0 atom stereocenters. The molecule has 4 nitrogen and oxygen atoms in total. The Morgan fingerprint density at radius 2 is 0.926 bits per heavy atom. The van der Waals surface area contributed by atoms with Crippen LogP contribution in [0.15, 0.2) is 82.8 Å². The van der Waals surface area contributed by atoms with Crippen LogP contribution in [0.25, 0.3) is 0 Å². The third-order valence-electron chi connectivity index (χ3n) is 4.05. The number of nitrogens with zero attached hydrogens (tertiary/aromatic N) is 2. The zero-order valence-corrected chi connectivity index (χ0v) is 16.8. The largest absolute Gasteiger partial charge is 0.507 e. The smallest absolute Gasteiger partial charge is 0.124 e. The summed E-state index contributed by atoms with van der Waals surface area (Å²) in [5, 5.41) is 20.0. The van der Waals surface area contributed by atoms with Crippen molar-refractivity contribution in [2.24, 2.45) is 9.98 Å². The van der Waals surface area contributed by atoms with Crippen molar-refractivity contribution in [3.63, 3.8) is 0 Å². The molecule has 3 rings (SSSR count). The molecule has 2 N–H and O–H groups in total. The van der Waals surface area contributed by atoms with Crippen LogP contribution >= 0.6 is 0 Å². The van der Waals surface area contributed by atoms with Gasteiger partial charge in [-0.05, 0) is 50.2 Å². The molecular formula is C22H20N2O2Ti. The van der Waals surface area contributed by atoms with Crippen LogP contribution in [0.3, 0.4) is 0 Å². The first-order chi connectivity index (χ1) is 12.6. The van der Waals surface area contributed by atoms with Crippen molar-refractivity contribution in [2.75, 3.05) is 0 Å². The van der Waals surface area contributed by atoms with Gasteiger partial charge in [0.25, 0.3) is 0 Å². The van der Waals surface area contributed by atoms with E-state index in [9.17, 15) is 10.2 Å². The van der Waals surface area contributed by atoms with Crippen LogP contribution in [0.5, 0.6) is 11.5 Å². The van der Waals surface area contributed by atoms with E-state index in [1.165, 1.54) is 0 Å². The summed E-state index contributed by atoms with van der Waals surface area (Å²) in [4.78, 5) is 9.29. The van der Waals surface area contributed by atoms with Gasteiger partial charge in [-0.2, -0.15) is 0 Å². The minimum absolute atomic E-state index is 0. The number of hydrogen-bond acceptors (Lipinski definition) is 4. The molecule has 0 aromatic heterocycles. The first-order valence-corrected chi connectivity index (χ1v) is 8.32. The van der Waals surface area contributed by atoms with Crippen molar-refractivity contribution in [1.82, 2.24) is 0 Å². The van der Waals surface area contributed by atoms with Crippen molar-refractivity contribution in [2.45, 2.75) is 13.8 Å². The standard InChI is InChI=1S/C22H20N2O2.Ti/c1-15(17-9-3-7-13-21(17)25)23-19-11-5-6-12-20(19)24-16(2)18-10-4-8-14-22(18)26;/h3-14,25-26H,1-2H3;. The van der Waals surface area contributed by atoms with E-state index in [-0.39, 0.29) is 33.2 Å². The van der Waals surface area contributed by atoms with Crippen LogP contribution in [0.1, 0.15) is 25.0 Å². The molecule has 0 amide bonds. The minimum atomic E-state index is 0. The van der Waals surface area contributed by atoms with Gasteiger partial charge in [-0.15, -0.1) is 0 Å². The first kappa shape index (κ1) is 20.6. The van der Waals surface area contributed by atoms with Gasteiger partial charge < -0.3 is 10.2 Å². The molecule has 3 aromatic carbocycles. The summed E-state index contributed by atoms with van der Waals surface area (Å²) in [5.41, 5.74) is 4.16. The van der Waals surface area contributed by atoms with E-state index < -0.39 is 0 Å². The number of aliphatic imine (C=N–C) groups is 2. The molecule has 0 heterocycles. The summed E-state index contributed by atoms with van der Waals surface area (Å²) in [6, 6.07) is 21.8.